The second-order valence-electron chi connectivity index (χ2n) is 8.44. The van der Waals surface area contributed by atoms with E-state index in [0.717, 1.165) is 63.1 Å². The Morgan fingerprint density at radius 1 is 1.07 bits per heavy atom. The average molecular weight is 373 g/mol. The van der Waals surface area contributed by atoms with E-state index in [-0.39, 0.29) is 5.41 Å². The van der Waals surface area contributed by atoms with Crippen LogP contribution in [-0.2, 0) is 10.2 Å². The Hall–Kier alpha value is -1.75. The van der Waals surface area contributed by atoms with Crippen molar-refractivity contribution < 1.29 is 14.3 Å². The molecule has 1 saturated carbocycles. The summed E-state index contributed by atoms with van der Waals surface area (Å²) < 4.78 is 11.0. The maximum Gasteiger partial charge on any atom is 0.222 e. The second kappa shape index (κ2) is 7.34. The molecular formula is C22H32N2O3. The molecule has 2 heterocycles. The molecular weight excluding hydrogens is 340 g/mol. The van der Waals surface area contributed by atoms with Crippen molar-refractivity contribution in [2.24, 2.45) is 0 Å². The molecule has 4 rings (SSSR count). The van der Waals surface area contributed by atoms with Gasteiger partial charge in [0, 0.05) is 30.5 Å². The minimum absolute atomic E-state index is 0.156. The van der Waals surface area contributed by atoms with E-state index >= 15 is 0 Å². The number of methoxy groups -OCH3 is 2. The minimum atomic E-state index is 0.156. The third kappa shape index (κ3) is 3.10. The van der Waals surface area contributed by atoms with E-state index in [2.05, 4.69) is 29.0 Å². The zero-order valence-corrected chi connectivity index (χ0v) is 16.9. The van der Waals surface area contributed by atoms with Crippen LogP contribution in [0.4, 0.5) is 0 Å². The number of likely N-dealkylation sites (tertiary alicyclic amines) is 2. The summed E-state index contributed by atoms with van der Waals surface area (Å²) in [7, 11) is 5.63. The Bertz CT molecular complexity index is 707. The van der Waals surface area contributed by atoms with Crippen molar-refractivity contribution in [2.75, 3.05) is 34.4 Å². The number of piperidine rings is 1. The molecule has 3 aliphatic rings. The maximum atomic E-state index is 12.5. The van der Waals surface area contributed by atoms with Crippen LogP contribution >= 0.6 is 0 Å². The molecule has 0 bridgehead atoms. The van der Waals surface area contributed by atoms with Crippen molar-refractivity contribution in [3.05, 3.63) is 23.8 Å². The molecule has 5 nitrogen and oxygen atoms in total. The van der Waals surface area contributed by atoms with Gasteiger partial charge in [0.1, 0.15) is 0 Å². The predicted octanol–water partition coefficient (Wildman–Crippen LogP) is 3.21. The third-order valence-corrected chi connectivity index (χ3v) is 7.26. The Morgan fingerprint density at radius 2 is 1.89 bits per heavy atom. The monoisotopic (exact) mass is 372 g/mol. The molecule has 27 heavy (non-hydrogen) atoms. The summed E-state index contributed by atoms with van der Waals surface area (Å²) in [4.78, 5) is 17.2. The van der Waals surface area contributed by atoms with E-state index in [1.54, 1.807) is 14.2 Å². The van der Waals surface area contributed by atoms with Crippen LogP contribution in [0.25, 0.3) is 0 Å². The number of carbonyl (C=O) groups is 1. The van der Waals surface area contributed by atoms with Gasteiger partial charge in [-0.1, -0.05) is 6.07 Å². The van der Waals surface area contributed by atoms with E-state index in [1.807, 2.05) is 6.07 Å². The van der Waals surface area contributed by atoms with Crippen LogP contribution in [-0.4, -0.2) is 62.1 Å². The molecule has 0 N–H and O–H groups in total. The maximum absolute atomic E-state index is 12.5. The highest BCUT2D eigenvalue weighted by Gasteiger charge is 2.51. The first kappa shape index (κ1) is 18.6. The first-order chi connectivity index (χ1) is 13.1. The highest BCUT2D eigenvalue weighted by molar-refractivity contribution is 5.77. The Morgan fingerprint density at radius 3 is 2.63 bits per heavy atom. The number of hydrogen-bond acceptors (Lipinski definition) is 4. The number of ether oxygens (including phenoxy) is 2. The van der Waals surface area contributed by atoms with E-state index in [9.17, 15) is 4.79 Å². The van der Waals surface area contributed by atoms with E-state index < -0.39 is 0 Å². The lowest BCUT2D eigenvalue weighted by atomic mass is 9.64. The summed E-state index contributed by atoms with van der Waals surface area (Å²) >= 11 is 0. The predicted molar refractivity (Wildman–Crippen MR) is 105 cm³/mol. The molecule has 3 fully saturated rings. The summed E-state index contributed by atoms with van der Waals surface area (Å²) in [5.74, 6) is 1.96. The van der Waals surface area contributed by atoms with Crippen molar-refractivity contribution in [2.45, 2.75) is 62.4 Å². The first-order valence-electron chi connectivity index (χ1n) is 10.3. The average Bonchev–Trinajstić information content (AvgIpc) is 3.05. The van der Waals surface area contributed by atoms with Gasteiger partial charge < -0.3 is 19.3 Å². The molecule has 1 aliphatic carbocycles. The van der Waals surface area contributed by atoms with Gasteiger partial charge in [0.25, 0.3) is 0 Å². The van der Waals surface area contributed by atoms with Gasteiger partial charge in [-0.05, 0) is 69.8 Å². The molecule has 3 atom stereocenters. The van der Waals surface area contributed by atoms with Crippen molar-refractivity contribution in [1.29, 1.82) is 0 Å². The molecule has 0 radical (unpaired) electrons. The van der Waals surface area contributed by atoms with Crippen molar-refractivity contribution in [1.82, 2.24) is 9.80 Å². The van der Waals surface area contributed by atoms with E-state index in [0.29, 0.717) is 18.0 Å². The van der Waals surface area contributed by atoms with Gasteiger partial charge in [0.15, 0.2) is 11.5 Å². The number of hydrogen-bond donors (Lipinski definition) is 0. The standard InChI is InChI=1S/C22H32N2O3/c1-23-13-11-22(16-7-8-18(26-2)19(14-16)27-3)10-9-17(15-20(22)23)24-12-5-4-6-21(24)25/h7-8,14,17,20H,4-6,9-13,15H2,1-3H3. The molecule has 1 aromatic rings. The highest BCUT2D eigenvalue weighted by Crippen LogP contribution is 2.50. The number of benzene rings is 1. The van der Waals surface area contributed by atoms with Gasteiger partial charge in [-0.2, -0.15) is 0 Å². The Labute approximate surface area is 162 Å². The van der Waals surface area contributed by atoms with E-state index in [1.165, 1.54) is 12.0 Å². The number of amides is 1. The molecule has 0 aromatic heterocycles. The molecule has 148 valence electrons. The SMILES string of the molecule is COc1ccc(C23CCC(N4CCCCC4=O)CC2N(C)CC3)cc1OC. The van der Waals surface area contributed by atoms with Crippen LogP contribution in [0, 0.1) is 0 Å². The third-order valence-electron chi connectivity index (χ3n) is 7.26. The lowest BCUT2D eigenvalue weighted by molar-refractivity contribution is -0.137. The second-order valence-corrected chi connectivity index (χ2v) is 8.44. The van der Waals surface area contributed by atoms with Crippen LogP contribution in [0.1, 0.15) is 50.5 Å². The van der Waals surface area contributed by atoms with Crippen LogP contribution in [0.15, 0.2) is 18.2 Å². The summed E-state index contributed by atoms with van der Waals surface area (Å²) in [6, 6.07) is 7.32. The van der Waals surface area contributed by atoms with Crippen molar-refractivity contribution in [3.63, 3.8) is 0 Å². The number of fused-ring (bicyclic) bond motifs is 1. The smallest absolute Gasteiger partial charge is 0.222 e. The molecule has 5 heteroatoms. The fourth-order valence-corrected chi connectivity index (χ4v) is 5.74. The number of likely N-dealkylation sites (N-methyl/N-ethyl adjacent to an activating group) is 1. The van der Waals surface area contributed by atoms with Gasteiger partial charge >= 0.3 is 0 Å². The summed E-state index contributed by atoms with van der Waals surface area (Å²) in [6.45, 7) is 2.06. The van der Waals surface area contributed by atoms with E-state index in [4.69, 9.17) is 9.47 Å². The number of nitrogens with zero attached hydrogens (tertiary/aromatic N) is 2. The fraction of sp³-hybridized carbons (Fsp3) is 0.682. The number of rotatable bonds is 4. The van der Waals surface area contributed by atoms with Gasteiger partial charge in [-0.15, -0.1) is 0 Å². The normalized spacial score (nSPS) is 31.7. The minimum Gasteiger partial charge on any atom is -0.493 e. The quantitative estimate of drug-likeness (QED) is 0.814. The van der Waals surface area contributed by atoms with Crippen LogP contribution < -0.4 is 9.47 Å². The lowest BCUT2D eigenvalue weighted by Crippen LogP contribution is -2.53. The summed E-state index contributed by atoms with van der Waals surface area (Å²) in [5.41, 5.74) is 1.52. The zero-order valence-electron chi connectivity index (χ0n) is 16.9. The molecule has 1 amide bonds. The molecule has 2 aliphatic heterocycles. The topological polar surface area (TPSA) is 42.0 Å². The molecule has 3 unspecified atom stereocenters. The van der Waals surface area contributed by atoms with Gasteiger partial charge in [-0.3, -0.25) is 4.79 Å². The molecule has 0 spiro atoms. The van der Waals surface area contributed by atoms with Gasteiger partial charge in [0.05, 0.1) is 14.2 Å². The summed E-state index contributed by atoms with van der Waals surface area (Å²) in [5, 5.41) is 0. The van der Waals surface area contributed by atoms with Crippen LogP contribution in [0.3, 0.4) is 0 Å². The molecule has 2 saturated heterocycles. The van der Waals surface area contributed by atoms with Crippen LogP contribution in [0.2, 0.25) is 0 Å². The fourth-order valence-electron chi connectivity index (χ4n) is 5.74. The zero-order chi connectivity index (χ0) is 19.0. The Kier molecular flexibility index (Phi) is 5.06. The highest BCUT2D eigenvalue weighted by atomic mass is 16.5. The van der Waals surface area contributed by atoms with Crippen molar-refractivity contribution >= 4 is 5.91 Å². The van der Waals surface area contributed by atoms with Crippen molar-refractivity contribution in [3.8, 4) is 11.5 Å². The largest absolute Gasteiger partial charge is 0.493 e. The molecule has 1 aromatic carbocycles. The van der Waals surface area contributed by atoms with Crippen LogP contribution in [0.5, 0.6) is 11.5 Å². The first-order valence-corrected chi connectivity index (χ1v) is 10.3. The lowest BCUT2D eigenvalue weighted by Gasteiger charge is -2.48. The Balaban J connectivity index is 1.62. The number of carbonyl (C=O) groups excluding carboxylic acids is 1. The van der Waals surface area contributed by atoms with Gasteiger partial charge in [0.2, 0.25) is 5.91 Å². The van der Waals surface area contributed by atoms with Gasteiger partial charge in [-0.25, -0.2) is 0 Å². The summed E-state index contributed by atoms with van der Waals surface area (Å²) in [6.07, 6.45) is 7.43.